The molecule has 12 aromatic rings. The molecule has 102 heavy (non-hydrogen) atoms. The standard InChI is InChI=1S/6C16H20N/c2*1-11-6-8-15(13(3)10-11)16-9-7-12(2)14(4)17(16)5;1-11-6-7-13(3)15(10-11)16-9-8-12(2)14(4)17(16)5;2*1-11-7-6-8-15(13(11)3)16-10-9-12(2)14(4)17(16)5;1-11-8-6-7-9-15(11)16-14(4)12(2)10-13(3)17(16)5/h6*6-10H,1-5H3/q6*+1/i1D3,2D3;;;2D3,4D3;;2D3,4D3. The summed E-state index contributed by atoms with van der Waals surface area (Å²) >= 11 is 0. The van der Waals surface area contributed by atoms with E-state index in [1.165, 1.54) is 118 Å². The summed E-state index contributed by atoms with van der Waals surface area (Å²) in [6.07, 6.45) is 0. The first-order chi connectivity index (χ1) is 55.3. The van der Waals surface area contributed by atoms with Gasteiger partial charge in [0.15, 0.2) is 34.2 Å². The van der Waals surface area contributed by atoms with Crippen LogP contribution >= 0.6 is 0 Å². The number of aryl methyl sites for hydroxylation is 16. The minimum absolute atomic E-state index is 0.0973. The van der Waals surface area contributed by atoms with E-state index >= 15 is 0 Å². The average molecular weight is 1380 g/mol. The number of hydrogen-bond acceptors (Lipinski definition) is 0. The van der Waals surface area contributed by atoms with Crippen molar-refractivity contribution in [1.82, 2.24) is 0 Å². The summed E-state index contributed by atoms with van der Waals surface area (Å²) in [5, 5.41) is 0. The Morgan fingerprint density at radius 3 is 1.00 bits per heavy atom. The highest BCUT2D eigenvalue weighted by atomic mass is 15.0. The number of pyridine rings is 6. The van der Waals surface area contributed by atoms with Crippen molar-refractivity contribution in [2.75, 3.05) is 0 Å². The van der Waals surface area contributed by atoms with Gasteiger partial charge in [0.25, 0.3) is 0 Å². The summed E-state index contributed by atoms with van der Waals surface area (Å²) < 4.78 is 150. The molecular weight excluding hydrogens is 1240 g/mol. The molecule has 0 spiro atoms. The molecule has 6 heterocycles. The van der Waals surface area contributed by atoms with Gasteiger partial charge in [-0.25, -0.2) is 0 Å². The molecule has 0 fully saturated rings. The van der Waals surface area contributed by atoms with Crippen LogP contribution < -0.4 is 27.4 Å². The van der Waals surface area contributed by atoms with Crippen molar-refractivity contribution in [1.29, 1.82) is 0 Å². The number of nitrogens with zero attached hydrogens (tertiary/aromatic N) is 6. The Labute approximate surface area is 641 Å². The number of aromatic nitrogens is 6. The van der Waals surface area contributed by atoms with Crippen LogP contribution in [0.25, 0.3) is 67.5 Å². The highest BCUT2D eigenvalue weighted by Crippen LogP contribution is 2.30. The van der Waals surface area contributed by atoms with Gasteiger partial charge in [-0.05, 0) is 241 Å². The Balaban J connectivity index is 0.000000199. The predicted molar refractivity (Wildman–Crippen MR) is 432 cm³/mol. The Kier molecular flexibility index (Phi) is 19.3. The smallest absolute Gasteiger partial charge is 0.198 e. The number of hydrogen-bond donors (Lipinski definition) is 0. The maximum atomic E-state index is 7.89. The van der Waals surface area contributed by atoms with Gasteiger partial charge in [0.2, 0.25) is 34.2 Å². The van der Waals surface area contributed by atoms with E-state index in [-0.39, 0.29) is 22.4 Å². The molecule has 0 atom stereocenters. The summed E-state index contributed by atoms with van der Waals surface area (Å²) in [6, 6.07) is 59.2. The summed E-state index contributed by atoms with van der Waals surface area (Å²) in [6.45, 7) is 22.9. The molecule has 0 aliphatic carbocycles. The first kappa shape index (κ1) is 56.8. The van der Waals surface area contributed by atoms with Crippen molar-refractivity contribution in [3.63, 3.8) is 0 Å². The Bertz CT molecular complexity index is 5700. The second kappa shape index (κ2) is 34.7. The van der Waals surface area contributed by atoms with Crippen molar-refractivity contribution in [2.24, 2.45) is 42.3 Å². The van der Waals surface area contributed by atoms with Gasteiger partial charge in [-0.1, -0.05) is 95.6 Å². The van der Waals surface area contributed by atoms with Gasteiger partial charge in [0.1, 0.15) is 42.3 Å². The Hall–Kier alpha value is -9.78. The molecule has 6 heteroatoms. The van der Waals surface area contributed by atoms with E-state index in [0.717, 1.165) is 44.6 Å². The molecule has 0 unspecified atom stereocenters. The maximum absolute atomic E-state index is 7.89. The summed E-state index contributed by atoms with van der Waals surface area (Å²) in [5.74, 6) is 0. The molecule has 12 rings (SSSR count). The predicted octanol–water partition coefficient (Wildman–Crippen LogP) is 20.5. The molecule has 0 amide bonds. The summed E-state index contributed by atoms with van der Waals surface area (Å²) in [4.78, 5) is 0. The number of benzene rings is 6. The molecule has 6 nitrogen and oxygen atoms in total. The van der Waals surface area contributed by atoms with Crippen LogP contribution in [-0.2, 0) is 42.3 Å². The first-order valence-electron chi connectivity index (χ1n) is 43.8. The normalized spacial score (nSPS) is 14.0. The van der Waals surface area contributed by atoms with Crippen molar-refractivity contribution in [3.05, 3.63) is 316 Å². The molecular formula is C96H120N6+6. The zero-order chi connectivity index (χ0) is 90.5. The van der Waals surface area contributed by atoms with E-state index in [0.29, 0.717) is 33.9 Å². The van der Waals surface area contributed by atoms with E-state index in [1.807, 2.05) is 81.8 Å². The minimum atomic E-state index is -2.52. The topological polar surface area (TPSA) is 23.3 Å². The monoisotopic (exact) mass is 1380 g/mol. The lowest BCUT2D eigenvalue weighted by Gasteiger charge is -2.10. The van der Waals surface area contributed by atoms with Crippen LogP contribution in [0.2, 0.25) is 0 Å². The van der Waals surface area contributed by atoms with Crippen molar-refractivity contribution in [2.45, 2.75) is 166 Å². The second-order valence-corrected chi connectivity index (χ2v) is 27.4. The first-order valence-corrected chi connectivity index (χ1v) is 34.8. The van der Waals surface area contributed by atoms with Crippen LogP contribution in [-0.4, -0.2) is 0 Å². The van der Waals surface area contributed by atoms with Gasteiger partial charge in [-0.3, -0.25) is 0 Å². The molecule has 0 saturated heterocycles. The largest absolute Gasteiger partial charge is 0.215 e. The van der Waals surface area contributed by atoms with Gasteiger partial charge >= 0.3 is 0 Å². The lowest BCUT2D eigenvalue weighted by Crippen LogP contribution is -2.36. The zero-order valence-corrected chi connectivity index (χ0v) is 65.0. The Morgan fingerprint density at radius 2 is 0.559 bits per heavy atom. The van der Waals surface area contributed by atoms with E-state index in [1.54, 1.807) is 68.9 Å². The van der Waals surface area contributed by atoms with E-state index in [4.69, 9.17) is 24.7 Å². The van der Waals surface area contributed by atoms with Crippen LogP contribution in [0.4, 0.5) is 0 Å². The molecule has 0 saturated carbocycles. The van der Waals surface area contributed by atoms with E-state index in [9.17, 15) is 0 Å². The van der Waals surface area contributed by atoms with Crippen molar-refractivity contribution in [3.8, 4) is 67.5 Å². The molecule has 6 aromatic carbocycles. The molecule has 0 N–H and O–H groups in total. The fourth-order valence-corrected chi connectivity index (χ4v) is 12.5. The van der Waals surface area contributed by atoms with Gasteiger partial charge in [0.05, 0.1) is 0 Å². The third-order valence-corrected chi connectivity index (χ3v) is 20.5. The lowest BCUT2D eigenvalue weighted by atomic mass is 9.98. The third kappa shape index (κ3) is 18.5. The zero-order valence-electron chi connectivity index (χ0n) is 83.0. The summed E-state index contributed by atoms with van der Waals surface area (Å²) in [5.41, 5.74) is 33.7. The quantitative estimate of drug-likeness (QED) is 0.148. The highest BCUT2D eigenvalue weighted by molar-refractivity contribution is 5.68. The van der Waals surface area contributed by atoms with Crippen LogP contribution in [0.1, 0.15) is 159 Å². The molecule has 0 bridgehead atoms. The number of rotatable bonds is 6. The van der Waals surface area contributed by atoms with Crippen LogP contribution in [0, 0.1) is 166 Å². The van der Waals surface area contributed by atoms with Gasteiger partial charge in [-0.15, -0.1) is 0 Å². The minimum Gasteiger partial charge on any atom is -0.198 e. The van der Waals surface area contributed by atoms with Gasteiger partial charge in [0, 0.05) is 169 Å². The third-order valence-electron chi connectivity index (χ3n) is 20.5. The van der Waals surface area contributed by atoms with Crippen molar-refractivity contribution >= 4 is 0 Å². The molecule has 0 aliphatic rings. The lowest BCUT2D eigenvalue weighted by molar-refractivity contribution is -0.667. The van der Waals surface area contributed by atoms with Crippen LogP contribution in [0.5, 0.6) is 0 Å². The fourth-order valence-electron chi connectivity index (χ4n) is 12.5. The van der Waals surface area contributed by atoms with Gasteiger partial charge < -0.3 is 0 Å². The molecule has 0 radical (unpaired) electrons. The fraction of sp³-hybridized carbons (Fsp3) is 0.312. The molecule has 528 valence electrons. The van der Waals surface area contributed by atoms with E-state index in [2.05, 4.69) is 209 Å². The SMILES string of the molecule is Cc1ccc(-c2ccc(C)c(C)[n+]2C)c(C)c1.Cc1ccc(C)c(-c2ccc(C)c(C)[n+]2C)c1.Cc1cccc(-c2ccc(C)c(C)[n+]2C)c1C.[2H]C([2H])([2H])c1cc(C)[n+](C)c(-c2ccccc2C)c1C([2H])([2H])[2H].[2H]C([2H])([2H])c1ccc(-c2ccc(C([2H])([2H])[2H])c(C)[n+]2C)c(C)c1.[2H]C([2H])([2H])c1ccc(-c2cccc(C)c2C)[n+](C)c1C([2H])([2H])[2H]. The van der Waals surface area contributed by atoms with Crippen molar-refractivity contribution < 1.29 is 52.1 Å². The van der Waals surface area contributed by atoms with Crippen LogP contribution in [0.15, 0.2) is 182 Å². The highest BCUT2D eigenvalue weighted by Gasteiger charge is 2.23. The maximum Gasteiger partial charge on any atom is 0.215 e. The molecule has 0 aliphatic heterocycles. The average Bonchev–Trinajstić information content (AvgIpc) is 0.766. The second-order valence-electron chi connectivity index (χ2n) is 27.4. The van der Waals surface area contributed by atoms with Gasteiger partial charge in [-0.2, -0.15) is 27.4 Å². The Morgan fingerprint density at radius 1 is 0.206 bits per heavy atom. The molecule has 6 aromatic heterocycles. The van der Waals surface area contributed by atoms with E-state index < -0.39 is 41.1 Å². The van der Waals surface area contributed by atoms with Crippen LogP contribution in [0.3, 0.4) is 0 Å². The summed E-state index contributed by atoms with van der Waals surface area (Å²) in [7, 11) is 11.6.